The minimum atomic E-state index is -0.332. The number of pyridine rings is 1. The van der Waals surface area contributed by atoms with E-state index in [0.29, 0.717) is 12.3 Å². The van der Waals surface area contributed by atoms with E-state index in [1.807, 2.05) is 13.0 Å². The summed E-state index contributed by atoms with van der Waals surface area (Å²) in [6.07, 6.45) is 8.58. The van der Waals surface area contributed by atoms with Crippen LogP contribution in [0.1, 0.15) is 49.4 Å². The Kier molecular flexibility index (Phi) is 4.07. The smallest absolute Gasteiger partial charge is 0.270 e. The first-order valence-corrected chi connectivity index (χ1v) is 9.04. The number of fused-ring (bicyclic) bond motifs is 1. The molecule has 6 nitrogen and oxygen atoms in total. The maximum atomic E-state index is 12.7. The van der Waals surface area contributed by atoms with Crippen molar-refractivity contribution in [2.75, 3.05) is 6.61 Å². The van der Waals surface area contributed by atoms with Crippen molar-refractivity contribution < 1.29 is 9.53 Å². The average Bonchev–Trinajstić information content (AvgIpc) is 3.14. The lowest BCUT2D eigenvalue weighted by Gasteiger charge is -2.54. The highest BCUT2D eigenvalue weighted by molar-refractivity contribution is 5.94. The van der Waals surface area contributed by atoms with Gasteiger partial charge >= 0.3 is 0 Å². The molecule has 0 bridgehead atoms. The number of amides is 1. The van der Waals surface area contributed by atoms with Gasteiger partial charge in [0.2, 0.25) is 0 Å². The fraction of sp³-hybridized carbons (Fsp3) is 0.526. The van der Waals surface area contributed by atoms with Crippen LogP contribution in [0.15, 0.2) is 35.4 Å². The van der Waals surface area contributed by atoms with Crippen LogP contribution in [0, 0.1) is 5.41 Å². The number of hydrogen-bond donors (Lipinski definition) is 1. The zero-order valence-corrected chi connectivity index (χ0v) is 14.4. The van der Waals surface area contributed by atoms with Crippen LogP contribution in [0.2, 0.25) is 0 Å². The van der Waals surface area contributed by atoms with Crippen LogP contribution >= 0.6 is 0 Å². The molecule has 2 aliphatic rings. The fourth-order valence-corrected chi connectivity index (χ4v) is 4.51. The highest BCUT2D eigenvalue weighted by Gasteiger charge is 2.57. The molecule has 2 atom stereocenters. The van der Waals surface area contributed by atoms with Crippen LogP contribution < -0.4 is 10.9 Å². The van der Waals surface area contributed by atoms with Gasteiger partial charge in [0.15, 0.2) is 0 Å². The molecule has 2 aromatic rings. The standard InChI is InChI=1S/C19H23N3O3/c1-2-25-15-11-14(19(15)8-4-5-9-19)21-17(23)13-12-20-16-7-3-6-10-22(16)18(13)24/h3,6-7,10,12,14-15H,2,4-5,8-9,11H2,1H3,(H,21,23)/t14-,15-/m1/s1. The number of carbonyl (C=O) groups is 1. The lowest BCUT2D eigenvalue weighted by Crippen LogP contribution is -2.64. The van der Waals surface area contributed by atoms with Gasteiger partial charge in [0.05, 0.1) is 6.10 Å². The quantitative estimate of drug-likeness (QED) is 0.925. The number of ether oxygens (including phenoxy) is 1. The van der Waals surface area contributed by atoms with Gasteiger partial charge in [0.25, 0.3) is 11.5 Å². The normalized spacial score (nSPS) is 24.4. The Labute approximate surface area is 146 Å². The molecule has 0 radical (unpaired) electrons. The third-order valence-electron chi connectivity index (χ3n) is 5.85. The first-order chi connectivity index (χ1) is 12.2. The van der Waals surface area contributed by atoms with E-state index in [2.05, 4.69) is 10.3 Å². The molecule has 0 aliphatic heterocycles. The second-order valence-electron chi connectivity index (χ2n) is 7.05. The van der Waals surface area contributed by atoms with Crippen molar-refractivity contribution in [3.63, 3.8) is 0 Å². The van der Waals surface area contributed by atoms with Crippen molar-refractivity contribution >= 4 is 11.6 Å². The summed E-state index contributed by atoms with van der Waals surface area (Å²) in [5, 5.41) is 3.09. The molecule has 1 N–H and O–H groups in total. The molecule has 2 aromatic heterocycles. The third-order valence-corrected chi connectivity index (χ3v) is 5.85. The number of carbonyl (C=O) groups excluding carboxylic acids is 1. The van der Waals surface area contributed by atoms with Gasteiger partial charge < -0.3 is 10.1 Å². The van der Waals surface area contributed by atoms with Crippen LogP contribution in [0.25, 0.3) is 5.65 Å². The molecule has 2 fully saturated rings. The van der Waals surface area contributed by atoms with Crippen LogP contribution in [-0.4, -0.2) is 34.0 Å². The van der Waals surface area contributed by atoms with Crippen molar-refractivity contribution in [2.45, 2.75) is 51.2 Å². The van der Waals surface area contributed by atoms with Crippen LogP contribution in [0.4, 0.5) is 0 Å². The molecule has 25 heavy (non-hydrogen) atoms. The summed E-state index contributed by atoms with van der Waals surface area (Å²) in [5.41, 5.74) is 0.351. The minimum Gasteiger partial charge on any atom is -0.378 e. The summed E-state index contributed by atoms with van der Waals surface area (Å²) < 4.78 is 7.29. The van der Waals surface area contributed by atoms with Gasteiger partial charge in [-0.05, 0) is 38.3 Å². The monoisotopic (exact) mass is 341 g/mol. The summed E-state index contributed by atoms with van der Waals surface area (Å²) in [7, 11) is 0. The summed E-state index contributed by atoms with van der Waals surface area (Å²) in [6.45, 7) is 2.71. The van der Waals surface area contributed by atoms with E-state index in [9.17, 15) is 9.59 Å². The van der Waals surface area contributed by atoms with Gasteiger partial charge in [-0.2, -0.15) is 0 Å². The first kappa shape index (κ1) is 16.3. The molecule has 4 rings (SSSR count). The maximum Gasteiger partial charge on any atom is 0.270 e. The van der Waals surface area contributed by atoms with Gasteiger partial charge in [-0.25, -0.2) is 4.98 Å². The second kappa shape index (κ2) is 6.26. The van der Waals surface area contributed by atoms with Gasteiger partial charge in [0, 0.05) is 30.5 Å². The van der Waals surface area contributed by atoms with Crippen LogP contribution in [0.3, 0.4) is 0 Å². The average molecular weight is 341 g/mol. The molecule has 0 aromatic carbocycles. The third kappa shape index (κ3) is 2.56. The number of nitrogens with one attached hydrogen (secondary N) is 1. The molecule has 6 heteroatoms. The zero-order chi connectivity index (χ0) is 17.4. The highest BCUT2D eigenvalue weighted by Crippen LogP contribution is 2.54. The molecule has 2 saturated carbocycles. The first-order valence-electron chi connectivity index (χ1n) is 9.04. The van der Waals surface area contributed by atoms with Crippen molar-refractivity contribution in [3.8, 4) is 0 Å². The van der Waals surface area contributed by atoms with Gasteiger partial charge in [-0.3, -0.25) is 14.0 Å². The SMILES string of the molecule is CCO[C@@H]1C[C@@H](NC(=O)c2cnc3ccccn3c2=O)C12CCCC2. The largest absolute Gasteiger partial charge is 0.378 e. The molecular weight excluding hydrogens is 318 g/mol. The molecular formula is C19H23N3O3. The Morgan fingerprint density at radius 3 is 2.96 bits per heavy atom. The Morgan fingerprint density at radius 1 is 1.40 bits per heavy atom. The molecule has 1 amide bonds. The second-order valence-corrected chi connectivity index (χ2v) is 7.05. The van der Waals surface area contributed by atoms with Crippen molar-refractivity contribution in [1.29, 1.82) is 0 Å². The molecule has 2 heterocycles. The van der Waals surface area contributed by atoms with Gasteiger partial charge in [-0.1, -0.05) is 18.9 Å². The fourth-order valence-electron chi connectivity index (χ4n) is 4.51. The summed E-state index contributed by atoms with van der Waals surface area (Å²) in [4.78, 5) is 29.5. The van der Waals surface area contributed by atoms with E-state index in [1.54, 1.807) is 18.3 Å². The van der Waals surface area contributed by atoms with Crippen molar-refractivity contribution in [1.82, 2.24) is 14.7 Å². The lowest BCUT2D eigenvalue weighted by atomic mass is 9.60. The number of rotatable bonds is 4. The maximum absolute atomic E-state index is 12.7. The number of nitrogens with zero attached hydrogens (tertiary/aromatic N) is 2. The lowest BCUT2D eigenvalue weighted by molar-refractivity contribution is -0.127. The topological polar surface area (TPSA) is 72.7 Å². The Morgan fingerprint density at radius 2 is 2.20 bits per heavy atom. The summed E-state index contributed by atoms with van der Waals surface area (Å²) in [6, 6.07) is 5.39. The van der Waals surface area contributed by atoms with Gasteiger partial charge in [-0.15, -0.1) is 0 Å². The summed E-state index contributed by atoms with van der Waals surface area (Å²) >= 11 is 0. The minimum absolute atomic E-state index is 0.0478. The molecule has 132 valence electrons. The molecule has 0 saturated heterocycles. The molecule has 2 aliphatic carbocycles. The van der Waals surface area contributed by atoms with Crippen LogP contribution in [0.5, 0.6) is 0 Å². The Bertz CT molecular complexity index is 854. The zero-order valence-electron chi connectivity index (χ0n) is 14.4. The van der Waals surface area contributed by atoms with E-state index in [1.165, 1.54) is 23.4 Å². The summed E-state index contributed by atoms with van der Waals surface area (Å²) in [5.74, 6) is -0.332. The molecule has 0 unspecified atom stereocenters. The van der Waals surface area contributed by atoms with Gasteiger partial charge in [0.1, 0.15) is 11.2 Å². The number of hydrogen-bond acceptors (Lipinski definition) is 4. The van der Waals surface area contributed by atoms with Crippen molar-refractivity contribution in [3.05, 3.63) is 46.5 Å². The number of aromatic nitrogens is 2. The van der Waals surface area contributed by atoms with E-state index < -0.39 is 0 Å². The van der Waals surface area contributed by atoms with E-state index >= 15 is 0 Å². The molecule has 1 spiro atoms. The Balaban J connectivity index is 1.57. The van der Waals surface area contributed by atoms with Crippen molar-refractivity contribution in [2.24, 2.45) is 5.41 Å². The van der Waals surface area contributed by atoms with Crippen LogP contribution in [-0.2, 0) is 4.74 Å². The highest BCUT2D eigenvalue weighted by atomic mass is 16.5. The van der Waals surface area contributed by atoms with E-state index in [0.717, 1.165) is 19.3 Å². The Hall–Kier alpha value is -2.21. The predicted molar refractivity (Wildman–Crippen MR) is 93.6 cm³/mol. The van der Waals surface area contributed by atoms with E-state index in [-0.39, 0.29) is 34.6 Å². The van der Waals surface area contributed by atoms with E-state index in [4.69, 9.17) is 4.74 Å². The predicted octanol–water partition coefficient (Wildman–Crippen LogP) is 2.16.